The smallest absolute Gasteiger partial charge is 0.354 e. The quantitative estimate of drug-likeness (QED) is 0.786. The molecule has 2 aliphatic heterocycles. The van der Waals surface area contributed by atoms with Crippen LogP contribution in [0, 0.1) is 0 Å². The van der Waals surface area contributed by atoms with Gasteiger partial charge in [-0.05, 0) is 24.8 Å². The van der Waals surface area contributed by atoms with E-state index in [1.54, 1.807) is 6.92 Å². The Hall–Kier alpha value is -1.83. The Labute approximate surface area is 117 Å². The fraction of sp³-hybridized carbons (Fsp3) is 0.333. The monoisotopic (exact) mass is 303 g/mol. The fourth-order valence-electron chi connectivity index (χ4n) is 1.95. The predicted octanol–water partition coefficient (Wildman–Crippen LogP) is 1.94. The van der Waals surface area contributed by atoms with Crippen LogP contribution in [0.4, 0.5) is 8.78 Å². The number of esters is 1. The maximum Gasteiger partial charge on any atom is 0.354 e. The standard InChI is InChI=1S/C12H11F2NO4S/c1-6-3-4-15-7(5-6)12(13,14)20-9(11(18)19-2)8(15)10(16)17/h3-5,7H,1-2H3,(H,16,17). The zero-order valence-electron chi connectivity index (χ0n) is 10.6. The van der Waals surface area contributed by atoms with Crippen LogP contribution in [0.5, 0.6) is 0 Å². The van der Waals surface area contributed by atoms with Crippen LogP contribution in [0.25, 0.3) is 0 Å². The van der Waals surface area contributed by atoms with Crippen LogP contribution < -0.4 is 0 Å². The number of thioether (sulfide) groups is 1. The molecular weight excluding hydrogens is 292 g/mol. The van der Waals surface area contributed by atoms with Gasteiger partial charge in [0, 0.05) is 6.20 Å². The van der Waals surface area contributed by atoms with Crippen LogP contribution in [-0.2, 0) is 14.3 Å². The Morgan fingerprint density at radius 3 is 2.70 bits per heavy atom. The Morgan fingerprint density at radius 2 is 2.15 bits per heavy atom. The summed E-state index contributed by atoms with van der Waals surface area (Å²) in [7, 11) is 1.01. The molecular formula is C12H11F2NO4S. The molecule has 2 aliphatic rings. The van der Waals surface area contributed by atoms with Gasteiger partial charge in [0.1, 0.15) is 16.6 Å². The summed E-state index contributed by atoms with van der Waals surface area (Å²) in [6.45, 7) is 1.63. The number of hydrogen-bond acceptors (Lipinski definition) is 5. The van der Waals surface area contributed by atoms with Gasteiger partial charge in [-0.25, -0.2) is 9.59 Å². The van der Waals surface area contributed by atoms with E-state index in [1.807, 2.05) is 0 Å². The summed E-state index contributed by atoms with van der Waals surface area (Å²) in [5.41, 5.74) is 0.0931. The van der Waals surface area contributed by atoms with Crippen LogP contribution in [0.2, 0.25) is 0 Å². The summed E-state index contributed by atoms with van der Waals surface area (Å²) in [4.78, 5) is 23.1. The lowest BCUT2D eigenvalue weighted by molar-refractivity contribution is -0.139. The highest BCUT2D eigenvalue weighted by Crippen LogP contribution is 2.49. The number of alkyl halides is 2. The van der Waals surface area contributed by atoms with E-state index in [0.29, 0.717) is 5.57 Å². The maximum atomic E-state index is 14.1. The number of fused-ring (bicyclic) bond motifs is 1. The van der Waals surface area contributed by atoms with Crippen LogP contribution in [0.15, 0.2) is 34.5 Å². The average molecular weight is 303 g/mol. The third-order valence-corrected chi connectivity index (χ3v) is 3.93. The fourth-order valence-corrected chi connectivity index (χ4v) is 2.98. The number of ether oxygens (including phenoxy) is 1. The van der Waals surface area contributed by atoms with E-state index in [9.17, 15) is 23.5 Å². The van der Waals surface area contributed by atoms with Crippen molar-refractivity contribution >= 4 is 23.7 Å². The van der Waals surface area contributed by atoms with Crippen molar-refractivity contribution in [2.24, 2.45) is 0 Å². The highest BCUT2D eigenvalue weighted by molar-refractivity contribution is 8.05. The molecule has 0 aromatic heterocycles. The van der Waals surface area contributed by atoms with E-state index < -0.39 is 33.8 Å². The second-order valence-corrected chi connectivity index (χ2v) is 5.37. The van der Waals surface area contributed by atoms with Gasteiger partial charge >= 0.3 is 17.2 Å². The number of halogens is 2. The number of rotatable bonds is 2. The van der Waals surface area contributed by atoms with Crippen molar-refractivity contribution in [3.05, 3.63) is 34.5 Å². The molecule has 2 heterocycles. The van der Waals surface area contributed by atoms with Gasteiger partial charge in [-0.15, -0.1) is 0 Å². The summed E-state index contributed by atoms with van der Waals surface area (Å²) in [5, 5.41) is 5.87. The van der Waals surface area contributed by atoms with E-state index in [4.69, 9.17) is 0 Å². The Morgan fingerprint density at radius 1 is 1.50 bits per heavy atom. The molecule has 0 amide bonds. The first kappa shape index (κ1) is 14.6. The van der Waals surface area contributed by atoms with Gasteiger partial charge in [0.05, 0.1) is 7.11 Å². The summed E-state index contributed by atoms with van der Waals surface area (Å²) >= 11 is -0.0837. The van der Waals surface area contributed by atoms with Crippen LogP contribution in [0.3, 0.4) is 0 Å². The zero-order chi connectivity index (χ0) is 15.1. The lowest BCUT2D eigenvalue weighted by atomic mass is 10.1. The van der Waals surface area contributed by atoms with Gasteiger partial charge in [0.2, 0.25) is 0 Å². The Bertz CT molecular complexity index is 568. The van der Waals surface area contributed by atoms with Crippen molar-refractivity contribution in [1.82, 2.24) is 4.90 Å². The molecule has 1 N–H and O–H groups in total. The maximum absolute atomic E-state index is 14.1. The summed E-state index contributed by atoms with van der Waals surface area (Å²) in [6.07, 6.45) is 4.00. The first-order chi connectivity index (χ1) is 9.27. The van der Waals surface area contributed by atoms with Gasteiger partial charge in [-0.1, -0.05) is 11.6 Å². The number of hydrogen-bond donors (Lipinski definition) is 1. The molecule has 8 heteroatoms. The highest BCUT2D eigenvalue weighted by atomic mass is 32.2. The number of aliphatic carboxylic acids is 1. The van der Waals surface area contributed by atoms with E-state index >= 15 is 0 Å². The normalized spacial score (nSPS) is 24.1. The van der Waals surface area contributed by atoms with Gasteiger partial charge in [0.15, 0.2) is 0 Å². The van der Waals surface area contributed by atoms with Crippen molar-refractivity contribution < 1.29 is 28.2 Å². The number of carboxylic acid groups (broad SMARTS) is 1. The van der Waals surface area contributed by atoms with E-state index in [-0.39, 0.29) is 11.8 Å². The molecule has 5 nitrogen and oxygen atoms in total. The molecule has 0 fully saturated rings. The Balaban J connectivity index is 2.60. The van der Waals surface area contributed by atoms with E-state index in [1.165, 1.54) is 18.4 Å². The molecule has 0 aliphatic carbocycles. The molecule has 0 spiro atoms. The molecule has 108 valence electrons. The second-order valence-electron chi connectivity index (χ2n) is 4.22. The average Bonchev–Trinajstić information content (AvgIpc) is 2.37. The minimum absolute atomic E-state index is 0.0837. The van der Waals surface area contributed by atoms with Crippen molar-refractivity contribution in [2.45, 2.75) is 18.2 Å². The van der Waals surface area contributed by atoms with Crippen LogP contribution >= 0.6 is 11.8 Å². The molecule has 0 bridgehead atoms. The topological polar surface area (TPSA) is 66.8 Å². The minimum Gasteiger partial charge on any atom is -0.477 e. The summed E-state index contributed by atoms with van der Waals surface area (Å²) in [6, 6.07) is -1.45. The van der Waals surface area contributed by atoms with Crippen molar-refractivity contribution in [2.75, 3.05) is 7.11 Å². The zero-order valence-corrected chi connectivity index (χ0v) is 11.4. The number of methoxy groups -OCH3 is 1. The third kappa shape index (κ3) is 2.31. The Kier molecular flexibility index (Phi) is 3.59. The molecule has 1 atom stereocenters. The van der Waals surface area contributed by atoms with Crippen molar-refractivity contribution in [3.63, 3.8) is 0 Å². The van der Waals surface area contributed by atoms with Crippen LogP contribution in [0.1, 0.15) is 6.92 Å². The predicted molar refractivity (Wildman–Crippen MR) is 67.7 cm³/mol. The van der Waals surface area contributed by atoms with E-state index in [0.717, 1.165) is 12.0 Å². The molecule has 0 saturated carbocycles. The van der Waals surface area contributed by atoms with Crippen molar-refractivity contribution in [1.29, 1.82) is 0 Å². The number of carboxylic acids is 1. The van der Waals surface area contributed by atoms with Gasteiger partial charge in [-0.2, -0.15) is 8.78 Å². The number of allylic oxidation sites excluding steroid dienone is 2. The lowest BCUT2D eigenvalue weighted by Crippen LogP contribution is -2.48. The minimum atomic E-state index is -3.34. The SMILES string of the molecule is COC(=O)C1=C(C(=O)O)N2C=CC(C)=CC2C(F)(F)S1. The molecule has 0 aromatic carbocycles. The van der Waals surface area contributed by atoms with Crippen molar-refractivity contribution in [3.8, 4) is 0 Å². The van der Waals surface area contributed by atoms with E-state index in [2.05, 4.69) is 4.74 Å². The first-order valence-electron chi connectivity index (χ1n) is 5.55. The molecule has 0 saturated heterocycles. The van der Waals surface area contributed by atoms with Gasteiger partial charge in [0.25, 0.3) is 0 Å². The molecule has 20 heavy (non-hydrogen) atoms. The lowest BCUT2D eigenvalue weighted by Gasteiger charge is -2.40. The second kappa shape index (κ2) is 4.93. The largest absolute Gasteiger partial charge is 0.477 e. The summed E-state index contributed by atoms with van der Waals surface area (Å²) < 4.78 is 32.6. The molecule has 0 radical (unpaired) electrons. The number of nitrogens with zero attached hydrogens (tertiary/aromatic N) is 1. The molecule has 2 rings (SSSR count). The number of carbonyl (C=O) groups is 2. The summed E-state index contributed by atoms with van der Waals surface area (Å²) in [5.74, 6) is -2.55. The first-order valence-corrected chi connectivity index (χ1v) is 6.37. The van der Waals surface area contributed by atoms with Gasteiger partial charge < -0.3 is 14.7 Å². The van der Waals surface area contributed by atoms with Crippen LogP contribution in [-0.4, -0.2) is 40.4 Å². The highest BCUT2D eigenvalue weighted by Gasteiger charge is 2.52. The molecule has 0 aromatic rings. The third-order valence-electron chi connectivity index (χ3n) is 2.85. The number of carbonyl (C=O) groups excluding carboxylic acids is 1. The van der Waals surface area contributed by atoms with Gasteiger partial charge in [-0.3, -0.25) is 0 Å². The molecule has 1 unspecified atom stereocenters.